The van der Waals surface area contributed by atoms with Gasteiger partial charge in [0, 0.05) is 23.4 Å². The summed E-state index contributed by atoms with van der Waals surface area (Å²) in [5.41, 5.74) is 0. The van der Waals surface area contributed by atoms with Crippen molar-refractivity contribution in [2.75, 3.05) is 26.4 Å². The molecule has 1 aliphatic heterocycles. The van der Waals surface area contributed by atoms with E-state index in [1.165, 1.54) is 38.8 Å². The third-order valence-electron chi connectivity index (χ3n) is 5.26. The van der Waals surface area contributed by atoms with Gasteiger partial charge in [-0.25, -0.2) is 0 Å². The third-order valence-corrected chi connectivity index (χ3v) is 6.66. The SMILES string of the molecule is CNC1CCN(CC2(SC)CCC2)C(C)C1C. The highest BCUT2D eigenvalue weighted by Gasteiger charge is 2.41. The van der Waals surface area contributed by atoms with Gasteiger partial charge >= 0.3 is 0 Å². The first-order valence-corrected chi connectivity index (χ1v) is 8.31. The summed E-state index contributed by atoms with van der Waals surface area (Å²) in [7, 11) is 2.11. The van der Waals surface area contributed by atoms with Crippen LogP contribution in [0.2, 0.25) is 0 Å². The second-order valence-electron chi connectivity index (χ2n) is 5.99. The molecule has 1 heterocycles. The minimum absolute atomic E-state index is 0.598. The van der Waals surface area contributed by atoms with E-state index in [1.54, 1.807) is 0 Å². The summed E-state index contributed by atoms with van der Waals surface area (Å²) in [4.78, 5) is 2.74. The van der Waals surface area contributed by atoms with Gasteiger partial charge in [0.05, 0.1) is 0 Å². The highest BCUT2D eigenvalue weighted by atomic mass is 32.2. The molecule has 1 saturated carbocycles. The molecule has 0 aromatic carbocycles. The zero-order valence-electron chi connectivity index (χ0n) is 11.8. The van der Waals surface area contributed by atoms with Crippen LogP contribution in [-0.2, 0) is 0 Å². The van der Waals surface area contributed by atoms with E-state index < -0.39 is 0 Å². The van der Waals surface area contributed by atoms with Crippen LogP contribution in [0.25, 0.3) is 0 Å². The van der Waals surface area contributed by atoms with Crippen molar-refractivity contribution < 1.29 is 0 Å². The number of rotatable bonds is 4. The number of nitrogens with zero attached hydrogens (tertiary/aromatic N) is 1. The van der Waals surface area contributed by atoms with Gasteiger partial charge in [-0.3, -0.25) is 4.90 Å². The Morgan fingerprint density at radius 2 is 2.06 bits per heavy atom. The van der Waals surface area contributed by atoms with Crippen molar-refractivity contribution in [2.24, 2.45) is 5.92 Å². The summed E-state index contributed by atoms with van der Waals surface area (Å²) in [6, 6.07) is 1.44. The zero-order valence-corrected chi connectivity index (χ0v) is 12.6. The molecule has 17 heavy (non-hydrogen) atoms. The minimum atomic E-state index is 0.598. The Balaban J connectivity index is 1.94. The molecule has 3 atom stereocenters. The van der Waals surface area contributed by atoms with Crippen LogP contribution in [0.3, 0.4) is 0 Å². The fourth-order valence-corrected chi connectivity index (χ4v) is 4.43. The van der Waals surface area contributed by atoms with Crippen LogP contribution in [0.1, 0.15) is 39.5 Å². The maximum atomic E-state index is 3.48. The minimum Gasteiger partial charge on any atom is -0.317 e. The summed E-state index contributed by atoms with van der Waals surface area (Å²) in [6.07, 6.45) is 7.92. The van der Waals surface area contributed by atoms with Gasteiger partial charge in [-0.15, -0.1) is 0 Å². The summed E-state index contributed by atoms with van der Waals surface area (Å²) >= 11 is 2.11. The first-order valence-electron chi connectivity index (χ1n) is 7.08. The van der Waals surface area contributed by atoms with E-state index in [2.05, 4.69) is 49.1 Å². The standard InChI is InChI=1S/C14H28N2S/c1-11-12(2)16(9-6-13(11)15-3)10-14(17-4)7-5-8-14/h11-13,15H,5-10H2,1-4H3. The first kappa shape index (κ1) is 13.7. The van der Waals surface area contributed by atoms with Gasteiger partial charge in [-0.1, -0.05) is 13.3 Å². The molecule has 0 radical (unpaired) electrons. The van der Waals surface area contributed by atoms with Crippen molar-refractivity contribution in [3.63, 3.8) is 0 Å². The number of hydrogen-bond donors (Lipinski definition) is 1. The number of likely N-dealkylation sites (tertiary alicyclic amines) is 1. The molecule has 1 aliphatic carbocycles. The summed E-state index contributed by atoms with van der Waals surface area (Å²) in [5.74, 6) is 0.771. The molecule has 2 aliphatic rings. The topological polar surface area (TPSA) is 15.3 Å². The van der Waals surface area contributed by atoms with E-state index in [1.807, 2.05) is 0 Å². The molecule has 0 amide bonds. The molecule has 1 saturated heterocycles. The number of thioether (sulfide) groups is 1. The molecule has 2 fully saturated rings. The van der Waals surface area contributed by atoms with Crippen LogP contribution in [0.5, 0.6) is 0 Å². The van der Waals surface area contributed by atoms with Crippen LogP contribution in [-0.4, -0.2) is 48.1 Å². The molecule has 0 spiro atoms. The monoisotopic (exact) mass is 256 g/mol. The predicted molar refractivity (Wildman–Crippen MR) is 77.8 cm³/mol. The van der Waals surface area contributed by atoms with Crippen LogP contribution >= 0.6 is 11.8 Å². The molecular weight excluding hydrogens is 228 g/mol. The second kappa shape index (κ2) is 5.50. The van der Waals surface area contributed by atoms with Crippen molar-refractivity contribution >= 4 is 11.8 Å². The smallest absolute Gasteiger partial charge is 0.0284 e. The zero-order chi connectivity index (χ0) is 12.5. The molecular formula is C14H28N2S. The largest absolute Gasteiger partial charge is 0.317 e. The average molecular weight is 256 g/mol. The van der Waals surface area contributed by atoms with Crippen LogP contribution in [0.4, 0.5) is 0 Å². The predicted octanol–water partition coefficient (Wildman–Crippen LogP) is 2.59. The third kappa shape index (κ3) is 2.66. The van der Waals surface area contributed by atoms with E-state index in [0.717, 1.165) is 12.0 Å². The summed E-state index contributed by atoms with van der Waals surface area (Å²) < 4.78 is 0.598. The number of nitrogens with one attached hydrogen (secondary N) is 1. The van der Waals surface area contributed by atoms with Gasteiger partial charge in [0.25, 0.3) is 0 Å². The maximum Gasteiger partial charge on any atom is 0.0284 e. The highest BCUT2D eigenvalue weighted by molar-refractivity contribution is 8.00. The molecule has 1 N–H and O–H groups in total. The Bertz CT molecular complexity index is 247. The van der Waals surface area contributed by atoms with E-state index in [0.29, 0.717) is 10.8 Å². The molecule has 100 valence electrons. The average Bonchev–Trinajstić information content (AvgIpc) is 2.29. The maximum absolute atomic E-state index is 3.48. The highest BCUT2D eigenvalue weighted by Crippen LogP contribution is 2.44. The van der Waals surface area contributed by atoms with Crippen molar-refractivity contribution in [3.05, 3.63) is 0 Å². The van der Waals surface area contributed by atoms with Gasteiger partial charge in [-0.2, -0.15) is 11.8 Å². The first-order chi connectivity index (χ1) is 8.12. The van der Waals surface area contributed by atoms with E-state index in [9.17, 15) is 0 Å². The molecule has 2 rings (SSSR count). The van der Waals surface area contributed by atoms with Crippen LogP contribution in [0.15, 0.2) is 0 Å². The van der Waals surface area contributed by atoms with Crippen LogP contribution in [0, 0.1) is 5.92 Å². The fraction of sp³-hybridized carbons (Fsp3) is 1.00. The van der Waals surface area contributed by atoms with Gasteiger partial charge in [0.2, 0.25) is 0 Å². The molecule has 0 bridgehead atoms. The number of piperidine rings is 1. The molecule has 0 aromatic rings. The Kier molecular flexibility index (Phi) is 4.43. The van der Waals surface area contributed by atoms with Crippen molar-refractivity contribution in [1.82, 2.24) is 10.2 Å². The van der Waals surface area contributed by atoms with E-state index >= 15 is 0 Å². The molecule has 2 nitrogen and oxygen atoms in total. The quantitative estimate of drug-likeness (QED) is 0.832. The lowest BCUT2D eigenvalue weighted by Gasteiger charge is -2.49. The Labute approximate surface area is 111 Å². The van der Waals surface area contributed by atoms with Gasteiger partial charge in [0.15, 0.2) is 0 Å². The normalized spacial score (nSPS) is 37.8. The van der Waals surface area contributed by atoms with E-state index in [4.69, 9.17) is 0 Å². The molecule has 0 aromatic heterocycles. The lowest BCUT2D eigenvalue weighted by atomic mass is 9.81. The van der Waals surface area contributed by atoms with Gasteiger partial charge < -0.3 is 5.32 Å². The molecule has 3 heteroatoms. The summed E-state index contributed by atoms with van der Waals surface area (Å²) in [5, 5.41) is 3.48. The Hall–Kier alpha value is 0.270. The van der Waals surface area contributed by atoms with Crippen LogP contribution < -0.4 is 5.32 Å². The number of hydrogen-bond acceptors (Lipinski definition) is 3. The van der Waals surface area contributed by atoms with Crippen molar-refractivity contribution in [2.45, 2.75) is 56.4 Å². The van der Waals surface area contributed by atoms with Crippen molar-refractivity contribution in [3.8, 4) is 0 Å². The van der Waals surface area contributed by atoms with Gasteiger partial charge in [-0.05, 0) is 52.0 Å². The Morgan fingerprint density at radius 1 is 1.35 bits per heavy atom. The summed E-state index contributed by atoms with van der Waals surface area (Å²) in [6.45, 7) is 7.42. The lowest BCUT2D eigenvalue weighted by molar-refractivity contribution is 0.0671. The van der Waals surface area contributed by atoms with Gasteiger partial charge in [0.1, 0.15) is 0 Å². The lowest BCUT2D eigenvalue weighted by Crippen LogP contribution is -2.57. The fourth-order valence-electron chi connectivity index (χ4n) is 3.44. The van der Waals surface area contributed by atoms with E-state index in [-0.39, 0.29) is 0 Å². The Morgan fingerprint density at radius 3 is 2.53 bits per heavy atom. The molecule has 3 unspecified atom stereocenters. The second-order valence-corrected chi connectivity index (χ2v) is 7.27. The van der Waals surface area contributed by atoms with Crippen molar-refractivity contribution in [1.29, 1.82) is 0 Å².